The normalized spacial score (nSPS) is 11.6. The van der Waals surface area contributed by atoms with E-state index in [2.05, 4.69) is 20.6 Å². The maximum absolute atomic E-state index is 11.9. The summed E-state index contributed by atoms with van der Waals surface area (Å²) in [7, 11) is 1.65. The summed E-state index contributed by atoms with van der Waals surface area (Å²) in [5.74, 6) is 1.31. The van der Waals surface area contributed by atoms with Crippen LogP contribution < -0.4 is 15.4 Å². The molecular weight excluding hydrogens is 304 g/mol. The molecule has 0 radical (unpaired) electrons. The molecule has 1 heterocycles. The monoisotopic (exact) mass is 328 g/mol. The molecule has 0 saturated carbocycles. The number of methoxy groups -OCH3 is 1. The summed E-state index contributed by atoms with van der Waals surface area (Å²) in [6, 6.07) is 8.09. The molecule has 24 heavy (non-hydrogen) atoms. The first kappa shape index (κ1) is 17.7. The number of rotatable bonds is 8. The predicted octanol–water partition coefficient (Wildman–Crippen LogP) is 2.67. The maximum Gasteiger partial charge on any atom is 0.271 e. The van der Waals surface area contributed by atoms with Crippen LogP contribution in [-0.4, -0.2) is 35.6 Å². The lowest BCUT2D eigenvalue weighted by Crippen LogP contribution is -2.32. The zero-order chi connectivity index (χ0) is 17.4. The second kappa shape index (κ2) is 8.86. The summed E-state index contributed by atoms with van der Waals surface area (Å²) < 4.78 is 5.14. The van der Waals surface area contributed by atoms with Gasteiger partial charge in [-0.3, -0.25) is 4.79 Å². The van der Waals surface area contributed by atoms with Gasteiger partial charge >= 0.3 is 0 Å². The van der Waals surface area contributed by atoms with E-state index in [0.717, 1.165) is 25.1 Å². The Balaban J connectivity index is 1.81. The van der Waals surface area contributed by atoms with Crippen LogP contribution in [0.3, 0.4) is 0 Å². The summed E-state index contributed by atoms with van der Waals surface area (Å²) in [4.78, 5) is 20.3. The Morgan fingerprint density at radius 1 is 1.21 bits per heavy atom. The van der Waals surface area contributed by atoms with Crippen LogP contribution in [0.25, 0.3) is 0 Å². The van der Waals surface area contributed by atoms with Gasteiger partial charge in [0.1, 0.15) is 17.3 Å². The average Bonchev–Trinajstić information content (AvgIpc) is 2.62. The van der Waals surface area contributed by atoms with Crippen LogP contribution in [0.1, 0.15) is 36.3 Å². The van der Waals surface area contributed by atoms with E-state index in [1.807, 2.05) is 38.1 Å². The molecule has 1 amide bonds. The van der Waals surface area contributed by atoms with Crippen LogP contribution in [-0.2, 0) is 6.42 Å². The Morgan fingerprint density at radius 3 is 2.54 bits per heavy atom. The third kappa shape index (κ3) is 5.22. The number of carbonyl (C=O) groups is 1. The minimum atomic E-state index is -0.193. The van der Waals surface area contributed by atoms with Gasteiger partial charge in [-0.1, -0.05) is 19.1 Å². The van der Waals surface area contributed by atoms with Crippen molar-refractivity contribution in [3.63, 3.8) is 0 Å². The van der Waals surface area contributed by atoms with E-state index in [1.165, 1.54) is 11.8 Å². The van der Waals surface area contributed by atoms with E-state index in [9.17, 15) is 4.79 Å². The van der Waals surface area contributed by atoms with Crippen LogP contribution in [0, 0.1) is 0 Å². The SMILES string of the molecule is CCC(C)NC(=O)c1cnc(NCCc2ccc(OC)cc2)cn1. The first-order valence-corrected chi connectivity index (χ1v) is 8.12. The molecule has 2 rings (SSSR count). The highest BCUT2D eigenvalue weighted by atomic mass is 16.5. The van der Waals surface area contributed by atoms with Crippen molar-refractivity contribution in [1.82, 2.24) is 15.3 Å². The molecule has 128 valence electrons. The number of ether oxygens (including phenoxy) is 1. The minimum Gasteiger partial charge on any atom is -0.497 e. The first-order valence-electron chi connectivity index (χ1n) is 8.12. The molecule has 0 saturated heterocycles. The summed E-state index contributed by atoms with van der Waals surface area (Å²) >= 11 is 0. The van der Waals surface area contributed by atoms with Crippen molar-refractivity contribution in [2.75, 3.05) is 19.0 Å². The number of nitrogens with one attached hydrogen (secondary N) is 2. The molecule has 1 aromatic carbocycles. The number of anilines is 1. The zero-order valence-electron chi connectivity index (χ0n) is 14.4. The molecule has 6 nitrogen and oxygen atoms in total. The van der Waals surface area contributed by atoms with Gasteiger partial charge in [0.15, 0.2) is 0 Å². The fourth-order valence-electron chi connectivity index (χ4n) is 2.06. The van der Waals surface area contributed by atoms with Gasteiger partial charge in [-0.05, 0) is 37.5 Å². The number of benzene rings is 1. The molecule has 0 aliphatic carbocycles. The van der Waals surface area contributed by atoms with Gasteiger partial charge in [0.25, 0.3) is 5.91 Å². The van der Waals surface area contributed by atoms with E-state index in [0.29, 0.717) is 11.5 Å². The molecule has 1 atom stereocenters. The van der Waals surface area contributed by atoms with Crippen LogP contribution in [0.4, 0.5) is 5.82 Å². The fraction of sp³-hybridized carbons (Fsp3) is 0.389. The average molecular weight is 328 g/mol. The molecule has 6 heteroatoms. The van der Waals surface area contributed by atoms with Gasteiger partial charge in [0.05, 0.1) is 19.5 Å². The Bertz CT molecular complexity index is 641. The second-order valence-corrected chi connectivity index (χ2v) is 5.59. The van der Waals surface area contributed by atoms with Gasteiger partial charge in [-0.25, -0.2) is 9.97 Å². The van der Waals surface area contributed by atoms with Gasteiger partial charge in [-0.2, -0.15) is 0 Å². The molecule has 2 aromatic rings. The predicted molar refractivity (Wildman–Crippen MR) is 94.4 cm³/mol. The lowest BCUT2D eigenvalue weighted by molar-refractivity contribution is 0.0934. The smallest absolute Gasteiger partial charge is 0.271 e. The number of nitrogens with zero attached hydrogens (tertiary/aromatic N) is 2. The highest BCUT2D eigenvalue weighted by molar-refractivity contribution is 5.92. The van der Waals surface area contributed by atoms with E-state index < -0.39 is 0 Å². The number of aromatic nitrogens is 2. The molecular formula is C18H24N4O2. The Kier molecular flexibility index (Phi) is 6.54. The van der Waals surface area contributed by atoms with Crippen molar-refractivity contribution in [2.24, 2.45) is 0 Å². The molecule has 0 bridgehead atoms. The number of hydrogen-bond acceptors (Lipinski definition) is 5. The van der Waals surface area contributed by atoms with E-state index in [-0.39, 0.29) is 11.9 Å². The molecule has 1 unspecified atom stereocenters. The van der Waals surface area contributed by atoms with Crippen LogP contribution >= 0.6 is 0 Å². The third-order valence-corrected chi connectivity index (χ3v) is 3.75. The molecule has 2 N–H and O–H groups in total. The standard InChI is InChI=1S/C18H24N4O2/c1-4-13(2)22-18(23)16-11-21-17(12-20-16)19-10-9-14-5-7-15(24-3)8-6-14/h5-8,11-13H,4,9-10H2,1-3H3,(H,19,21)(H,22,23). The number of amides is 1. The lowest BCUT2D eigenvalue weighted by atomic mass is 10.1. The summed E-state index contributed by atoms with van der Waals surface area (Å²) in [5.41, 5.74) is 1.54. The molecule has 0 aliphatic heterocycles. The molecule has 0 aliphatic rings. The van der Waals surface area contributed by atoms with Crippen molar-refractivity contribution < 1.29 is 9.53 Å². The van der Waals surface area contributed by atoms with Crippen LogP contribution in [0.5, 0.6) is 5.75 Å². The third-order valence-electron chi connectivity index (χ3n) is 3.75. The Morgan fingerprint density at radius 2 is 1.96 bits per heavy atom. The minimum absolute atomic E-state index is 0.126. The fourth-order valence-corrected chi connectivity index (χ4v) is 2.06. The van der Waals surface area contributed by atoms with Gasteiger partial charge in [0.2, 0.25) is 0 Å². The summed E-state index contributed by atoms with van der Waals surface area (Å²) in [6.45, 7) is 4.71. The number of hydrogen-bond donors (Lipinski definition) is 2. The highest BCUT2D eigenvalue weighted by Gasteiger charge is 2.10. The maximum atomic E-state index is 11.9. The van der Waals surface area contributed by atoms with Crippen molar-refractivity contribution in [3.05, 3.63) is 47.9 Å². The van der Waals surface area contributed by atoms with Crippen LogP contribution in [0.15, 0.2) is 36.7 Å². The molecule has 0 spiro atoms. The highest BCUT2D eigenvalue weighted by Crippen LogP contribution is 2.11. The van der Waals surface area contributed by atoms with Crippen molar-refractivity contribution in [3.8, 4) is 5.75 Å². The van der Waals surface area contributed by atoms with E-state index in [4.69, 9.17) is 4.74 Å². The quantitative estimate of drug-likeness (QED) is 0.779. The summed E-state index contributed by atoms with van der Waals surface area (Å²) in [6.07, 6.45) is 4.82. The Hall–Kier alpha value is -2.63. The van der Waals surface area contributed by atoms with E-state index >= 15 is 0 Å². The first-order chi connectivity index (χ1) is 11.6. The van der Waals surface area contributed by atoms with Gasteiger partial charge < -0.3 is 15.4 Å². The largest absolute Gasteiger partial charge is 0.497 e. The van der Waals surface area contributed by atoms with Crippen molar-refractivity contribution in [1.29, 1.82) is 0 Å². The molecule has 0 fully saturated rings. The number of carbonyl (C=O) groups excluding carboxylic acids is 1. The van der Waals surface area contributed by atoms with Gasteiger partial charge in [-0.15, -0.1) is 0 Å². The Labute approximate surface area is 142 Å². The molecule has 1 aromatic heterocycles. The van der Waals surface area contributed by atoms with Crippen molar-refractivity contribution >= 4 is 11.7 Å². The van der Waals surface area contributed by atoms with Crippen molar-refractivity contribution in [2.45, 2.75) is 32.7 Å². The zero-order valence-corrected chi connectivity index (χ0v) is 14.4. The second-order valence-electron chi connectivity index (χ2n) is 5.59. The van der Waals surface area contributed by atoms with Gasteiger partial charge in [0, 0.05) is 12.6 Å². The van der Waals surface area contributed by atoms with Crippen LogP contribution in [0.2, 0.25) is 0 Å². The topological polar surface area (TPSA) is 76.1 Å². The summed E-state index contributed by atoms with van der Waals surface area (Å²) in [5, 5.41) is 6.07. The lowest BCUT2D eigenvalue weighted by Gasteiger charge is -2.11. The van der Waals surface area contributed by atoms with E-state index in [1.54, 1.807) is 13.3 Å².